The van der Waals surface area contributed by atoms with E-state index in [-0.39, 0.29) is 23.5 Å². The zero-order chi connectivity index (χ0) is 20.6. The van der Waals surface area contributed by atoms with E-state index in [1.807, 2.05) is 31.3 Å². The highest BCUT2D eigenvalue weighted by Crippen LogP contribution is 2.36. The minimum absolute atomic E-state index is 0.00469. The molecule has 0 unspecified atom stereocenters. The third kappa shape index (κ3) is 4.35. The molecule has 1 amide bonds. The molecule has 1 aromatic carbocycles. The van der Waals surface area contributed by atoms with Crippen molar-refractivity contribution in [3.8, 4) is 11.5 Å². The van der Waals surface area contributed by atoms with Gasteiger partial charge in [0.25, 0.3) is 0 Å². The van der Waals surface area contributed by atoms with E-state index in [9.17, 15) is 13.2 Å². The third-order valence-corrected chi connectivity index (χ3v) is 7.80. The van der Waals surface area contributed by atoms with Gasteiger partial charge < -0.3 is 19.4 Å². The number of para-hydroxylation sites is 2. The summed E-state index contributed by atoms with van der Waals surface area (Å²) in [5.74, 6) is 1.87. The Balaban J connectivity index is 1.39. The van der Waals surface area contributed by atoms with E-state index in [4.69, 9.17) is 9.47 Å². The van der Waals surface area contributed by atoms with E-state index < -0.39 is 21.2 Å². The fraction of sp³-hybridized carbons (Fsp3) is 0.500. The highest BCUT2D eigenvalue weighted by molar-refractivity contribution is 8.00. The maximum Gasteiger partial charge on any atom is 0.233 e. The lowest BCUT2D eigenvalue weighted by molar-refractivity contribution is -0.120. The number of hydrogen-bond acceptors (Lipinski definition) is 8. The Morgan fingerprint density at radius 3 is 2.79 bits per heavy atom. The van der Waals surface area contributed by atoms with Gasteiger partial charge in [0, 0.05) is 13.1 Å². The Labute approximate surface area is 173 Å². The minimum atomic E-state index is -3.04. The lowest BCUT2D eigenvalue weighted by Gasteiger charge is -2.25. The van der Waals surface area contributed by atoms with E-state index in [1.165, 1.54) is 11.8 Å². The van der Waals surface area contributed by atoms with Gasteiger partial charge in [0.05, 0.1) is 16.8 Å². The molecular formula is C18H22N4O5S2. The predicted octanol–water partition coefficient (Wildman–Crippen LogP) is 1.11. The van der Waals surface area contributed by atoms with E-state index in [2.05, 4.69) is 15.5 Å². The molecule has 4 rings (SSSR count). The molecule has 11 heteroatoms. The number of thioether (sulfide) groups is 1. The lowest BCUT2D eigenvalue weighted by Crippen LogP contribution is -2.40. The molecule has 0 aliphatic carbocycles. The molecule has 2 aliphatic rings. The normalized spacial score (nSPS) is 23.5. The monoisotopic (exact) mass is 438 g/mol. The van der Waals surface area contributed by atoms with Gasteiger partial charge in [-0.1, -0.05) is 23.9 Å². The van der Waals surface area contributed by atoms with Crippen molar-refractivity contribution in [2.45, 2.75) is 35.9 Å². The van der Waals surface area contributed by atoms with Gasteiger partial charge in [-0.3, -0.25) is 4.79 Å². The van der Waals surface area contributed by atoms with Crippen molar-refractivity contribution in [2.24, 2.45) is 7.05 Å². The van der Waals surface area contributed by atoms with Crippen LogP contribution in [0.25, 0.3) is 0 Å². The quantitative estimate of drug-likeness (QED) is 0.691. The standard InChI is InChI=1S/C18H22N4O5S2/c1-11(17(23)19-12-7-8-29(24,25)10-12)28-18-21-20-16(22(18)2)15-9-26-13-5-3-4-6-14(13)27-15/h3-6,11-12,15H,7-10H2,1-2H3,(H,19,23)/t11-,12+,15-/m0/s1. The SMILES string of the molecule is C[C@H](Sc1nnc([C@@H]2COc3ccccc3O2)n1C)C(=O)N[C@@H]1CCS(=O)(=O)C1. The molecule has 1 aromatic heterocycles. The van der Waals surface area contributed by atoms with Gasteiger partial charge in [0.15, 0.2) is 38.4 Å². The summed E-state index contributed by atoms with van der Waals surface area (Å²) in [6.45, 7) is 2.08. The minimum Gasteiger partial charge on any atom is -0.485 e. The van der Waals surface area contributed by atoms with Crippen molar-refractivity contribution < 1.29 is 22.7 Å². The fourth-order valence-electron chi connectivity index (χ4n) is 3.29. The summed E-state index contributed by atoms with van der Waals surface area (Å²) in [6, 6.07) is 7.12. The molecule has 3 atom stereocenters. The van der Waals surface area contributed by atoms with Gasteiger partial charge in [0.1, 0.15) is 6.61 Å². The summed E-state index contributed by atoms with van der Waals surface area (Å²) in [5.41, 5.74) is 0. The summed E-state index contributed by atoms with van der Waals surface area (Å²) in [4.78, 5) is 12.4. The molecule has 9 nitrogen and oxygen atoms in total. The maximum absolute atomic E-state index is 12.4. The van der Waals surface area contributed by atoms with Crippen molar-refractivity contribution in [3.05, 3.63) is 30.1 Å². The molecular weight excluding hydrogens is 416 g/mol. The number of ether oxygens (including phenoxy) is 2. The molecule has 0 spiro atoms. The molecule has 156 valence electrons. The largest absolute Gasteiger partial charge is 0.485 e. The van der Waals surface area contributed by atoms with Crippen LogP contribution in [-0.4, -0.2) is 58.5 Å². The first kappa shape index (κ1) is 20.0. The molecule has 2 aliphatic heterocycles. The number of fused-ring (bicyclic) bond motifs is 1. The lowest BCUT2D eigenvalue weighted by atomic mass is 10.2. The van der Waals surface area contributed by atoms with Crippen LogP contribution in [-0.2, 0) is 21.7 Å². The zero-order valence-corrected chi connectivity index (χ0v) is 17.7. The molecule has 29 heavy (non-hydrogen) atoms. The topological polar surface area (TPSA) is 112 Å². The molecule has 0 radical (unpaired) electrons. The van der Waals surface area contributed by atoms with E-state index in [1.54, 1.807) is 11.5 Å². The maximum atomic E-state index is 12.4. The average molecular weight is 439 g/mol. The first-order chi connectivity index (χ1) is 13.8. The molecule has 0 saturated carbocycles. The predicted molar refractivity (Wildman–Crippen MR) is 107 cm³/mol. The molecule has 2 aromatic rings. The molecule has 3 heterocycles. The van der Waals surface area contributed by atoms with Crippen molar-refractivity contribution in [1.29, 1.82) is 0 Å². The molecule has 1 fully saturated rings. The second kappa shape index (κ2) is 7.86. The Kier molecular flexibility index (Phi) is 5.43. The highest BCUT2D eigenvalue weighted by atomic mass is 32.2. The third-order valence-electron chi connectivity index (χ3n) is 4.90. The van der Waals surface area contributed by atoms with Gasteiger partial charge >= 0.3 is 0 Å². The Morgan fingerprint density at radius 2 is 2.07 bits per heavy atom. The summed E-state index contributed by atoms with van der Waals surface area (Å²) in [7, 11) is -1.22. The van der Waals surface area contributed by atoms with Gasteiger partial charge in [0.2, 0.25) is 5.91 Å². The Hall–Kier alpha value is -2.27. The van der Waals surface area contributed by atoms with E-state index >= 15 is 0 Å². The number of carbonyl (C=O) groups excluding carboxylic acids is 1. The smallest absolute Gasteiger partial charge is 0.233 e. The number of aromatic nitrogens is 3. The summed E-state index contributed by atoms with van der Waals surface area (Å²) < 4.78 is 36.6. The summed E-state index contributed by atoms with van der Waals surface area (Å²) >= 11 is 1.26. The first-order valence-electron chi connectivity index (χ1n) is 9.27. The number of nitrogens with one attached hydrogen (secondary N) is 1. The number of benzene rings is 1. The van der Waals surface area contributed by atoms with Crippen LogP contribution in [0.5, 0.6) is 11.5 Å². The summed E-state index contributed by atoms with van der Waals surface area (Å²) in [5, 5.41) is 11.4. The van der Waals surface area contributed by atoms with Crippen molar-refractivity contribution in [1.82, 2.24) is 20.1 Å². The van der Waals surface area contributed by atoms with Crippen LogP contribution in [0.3, 0.4) is 0 Å². The van der Waals surface area contributed by atoms with Crippen molar-refractivity contribution >= 4 is 27.5 Å². The van der Waals surface area contributed by atoms with E-state index in [0.717, 1.165) is 0 Å². The highest BCUT2D eigenvalue weighted by Gasteiger charge is 2.31. The average Bonchev–Trinajstić information content (AvgIpc) is 3.23. The molecule has 1 N–H and O–H groups in total. The second-order valence-corrected chi connectivity index (χ2v) is 10.7. The Bertz CT molecular complexity index is 1020. The number of hydrogen-bond donors (Lipinski definition) is 1. The Morgan fingerprint density at radius 1 is 1.31 bits per heavy atom. The number of sulfone groups is 1. The van der Waals surface area contributed by atoms with Crippen LogP contribution in [0.1, 0.15) is 25.3 Å². The molecule has 1 saturated heterocycles. The van der Waals surface area contributed by atoms with Crippen molar-refractivity contribution in [3.63, 3.8) is 0 Å². The number of rotatable bonds is 5. The van der Waals surface area contributed by atoms with E-state index in [0.29, 0.717) is 35.5 Å². The van der Waals surface area contributed by atoms with Gasteiger partial charge in [-0.2, -0.15) is 0 Å². The number of nitrogens with zero attached hydrogens (tertiary/aromatic N) is 3. The van der Waals surface area contributed by atoms with Crippen LogP contribution in [0, 0.1) is 0 Å². The zero-order valence-electron chi connectivity index (χ0n) is 16.1. The van der Waals surface area contributed by atoms with Crippen LogP contribution >= 0.6 is 11.8 Å². The number of carbonyl (C=O) groups is 1. The number of amides is 1. The van der Waals surface area contributed by atoms with Crippen LogP contribution in [0.4, 0.5) is 0 Å². The summed E-state index contributed by atoms with van der Waals surface area (Å²) in [6.07, 6.45) is 0.0599. The fourth-order valence-corrected chi connectivity index (χ4v) is 5.80. The van der Waals surface area contributed by atoms with Crippen molar-refractivity contribution in [2.75, 3.05) is 18.1 Å². The van der Waals surface area contributed by atoms with Crippen LogP contribution < -0.4 is 14.8 Å². The molecule has 0 bridgehead atoms. The van der Waals surface area contributed by atoms with Gasteiger partial charge in [-0.25, -0.2) is 8.42 Å². The van der Waals surface area contributed by atoms with Gasteiger partial charge in [-0.15, -0.1) is 10.2 Å². The first-order valence-corrected chi connectivity index (χ1v) is 12.0. The second-order valence-electron chi connectivity index (χ2n) is 7.13. The van der Waals surface area contributed by atoms with Crippen LogP contribution in [0.15, 0.2) is 29.4 Å². The van der Waals surface area contributed by atoms with Gasteiger partial charge in [-0.05, 0) is 25.5 Å². The van der Waals surface area contributed by atoms with Crippen LogP contribution in [0.2, 0.25) is 0 Å².